The summed E-state index contributed by atoms with van der Waals surface area (Å²) < 4.78 is 27.1. The fourth-order valence-electron chi connectivity index (χ4n) is 2.96. The largest absolute Gasteiger partial charge is 0.352 e. The van der Waals surface area contributed by atoms with Crippen molar-refractivity contribution in [3.05, 3.63) is 35.6 Å². The van der Waals surface area contributed by atoms with E-state index < -0.39 is 10.0 Å². The van der Waals surface area contributed by atoms with Crippen molar-refractivity contribution in [3.63, 3.8) is 0 Å². The van der Waals surface area contributed by atoms with Gasteiger partial charge in [-0.05, 0) is 44.3 Å². The van der Waals surface area contributed by atoms with Crippen molar-refractivity contribution < 1.29 is 13.2 Å². The fraction of sp³-hybridized carbons (Fsp3) is 0.500. The van der Waals surface area contributed by atoms with Gasteiger partial charge in [-0.1, -0.05) is 11.6 Å². The van der Waals surface area contributed by atoms with E-state index in [9.17, 15) is 13.2 Å². The molecule has 0 aromatic heterocycles. The van der Waals surface area contributed by atoms with E-state index in [0.717, 1.165) is 19.3 Å². The summed E-state index contributed by atoms with van der Waals surface area (Å²) in [6.45, 7) is 0.890. The predicted molar refractivity (Wildman–Crippen MR) is 89.3 cm³/mol. The van der Waals surface area contributed by atoms with Crippen LogP contribution in [0.4, 0.5) is 0 Å². The number of carbonyl (C=O) groups is 1. The minimum absolute atomic E-state index is 0.0239. The van der Waals surface area contributed by atoms with E-state index in [4.69, 9.17) is 0 Å². The van der Waals surface area contributed by atoms with Crippen LogP contribution in [0.5, 0.6) is 0 Å². The van der Waals surface area contributed by atoms with Crippen LogP contribution in [0.3, 0.4) is 0 Å². The van der Waals surface area contributed by atoms with Crippen molar-refractivity contribution in [2.24, 2.45) is 4.40 Å². The van der Waals surface area contributed by atoms with Gasteiger partial charge in [0.05, 0.1) is 11.3 Å². The number of hydrogen-bond acceptors (Lipinski definition) is 4. The summed E-state index contributed by atoms with van der Waals surface area (Å²) in [4.78, 5) is 14.1. The Morgan fingerprint density at radius 1 is 1.35 bits per heavy atom. The summed E-state index contributed by atoms with van der Waals surface area (Å²) in [6, 6.07) is 0. The molecule has 2 aliphatic heterocycles. The Labute approximate surface area is 136 Å². The van der Waals surface area contributed by atoms with E-state index in [1.165, 1.54) is 18.4 Å². The molecule has 3 aliphatic rings. The molecule has 23 heavy (non-hydrogen) atoms. The zero-order chi connectivity index (χ0) is 16.3. The van der Waals surface area contributed by atoms with Gasteiger partial charge in [-0.15, -0.1) is 4.40 Å². The molecule has 124 valence electrons. The van der Waals surface area contributed by atoms with Gasteiger partial charge in [0.15, 0.2) is 5.84 Å². The first-order valence-electron chi connectivity index (χ1n) is 7.99. The second-order valence-electron chi connectivity index (χ2n) is 5.93. The maximum Gasteiger partial charge on any atom is 0.256 e. The number of rotatable bonds is 4. The molecule has 0 fully saturated rings. The molecule has 0 spiro atoms. The van der Waals surface area contributed by atoms with Gasteiger partial charge in [0, 0.05) is 19.3 Å². The van der Waals surface area contributed by atoms with Crippen molar-refractivity contribution in [1.29, 1.82) is 0 Å². The fourth-order valence-corrected chi connectivity index (χ4v) is 3.94. The molecular formula is C16H21N3O3S. The average molecular weight is 335 g/mol. The van der Waals surface area contributed by atoms with Crippen molar-refractivity contribution in [2.45, 2.75) is 32.1 Å². The third-order valence-electron chi connectivity index (χ3n) is 4.22. The summed E-state index contributed by atoms with van der Waals surface area (Å²) in [6.07, 6.45) is 12.9. The first-order chi connectivity index (χ1) is 11.1. The van der Waals surface area contributed by atoms with E-state index >= 15 is 0 Å². The van der Waals surface area contributed by atoms with Crippen molar-refractivity contribution in [3.8, 4) is 0 Å². The van der Waals surface area contributed by atoms with Gasteiger partial charge in [0.2, 0.25) is 0 Å². The Balaban J connectivity index is 1.64. The number of hydrogen-bond donors (Lipinski definition) is 1. The van der Waals surface area contributed by atoms with E-state index in [-0.39, 0.29) is 17.5 Å². The average Bonchev–Trinajstić information content (AvgIpc) is 2.54. The summed E-state index contributed by atoms with van der Waals surface area (Å²) in [5.41, 5.74) is 1.71. The van der Waals surface area contributed by atoms with Gasteiger partial charge in [0.25, 0.3) is 15.9 Å². The number of allylic oxidation sites excluding steroid dienone is 3. The molecule has 0 unspecified atom stereocenters. The highest BCUT2D eigenvalue weighted by Gasteiger charge is 2.29. The lowest BCUT2D eigenvalue weighted by Crippen LogP contribution is -2.42. The minimum Gasteiger partial charge on any atom is -0.352 e. The highest BCUT2D eigenvalue weighted by atomic mass is 32.2. The van der Waals surface area contributed by atoms with Crippen LogP contribution in [0.25, 0.3) is 0 Å². The number of sulfonamides is 1. The second-order valence-corrected chi connectivity index (χ2v) is 7.68. The smallest absolute Gasteiger partial charge is 0.256 e. The molecule has 1 N–H and O–H groups in total. The van der Waals surface area contributed by atoms with Crippen LogP contribution >= 0.6 is 0 Å². The summed E-state index contributed by atoms with van der Waals surface area (Å²) in [7, 11) is -3.47. The van der Waals surface area contributed by atoms with Gasteiger partial charge in [0.1, 0.15) is 0 Å². The molecule has 3 rings (SSSR count). The van der Waals surface area contributed by atoms with Crippen LogP contribution in [0, 0.1) is 0 Å². The molecule has 6 nitrogen and oxygen atoms in total. The number of amidine groups is 1. The Morgan fingerprint density at radius 3 is 3.00 bits per heavy atom. The SMILES string of the molecule is O=C(NCCC1=CCCCC1)C1=CC=CN2CCS(=O)(=O)N=C12. The Hall–Kier alpha value is -1.89. The maximum absolute atomic E-state index is 12.4. The van der Waals surface area contributed by atoms with Crippen LogP contribution in [0.15, 0.2) is 40.0 Å². The number of nitrogens with zero attached hydrogens (tertiary/aromatic N) is 2. The standard InChI is InChI=1S/C16H21N3O3S/c20-16(17-9-8-13-5-2-1-3-6-13)14-7-4-10-19-11-12-23(21,22)18-15(14)19/h4-5,7,10H,1-3,6,8-9,11-12H2,(H,17,20). The molecule has 0 saturated carbocycles. The van der Waals surface area contributed by atoms with E-state index in [0.29, 0.717) is 18.7 Å². The predicted octanol–water partition coefficient (Wildman–Crippen LogP) is 1.49. The zero-order valence-electron chi connectivity index (χ0n) is 13.0. The highest BCUT2D eigenvalue weighted by Crippen LogP contribution is 2.20. The van der Waals surface area contributed by atoms with Gasteiger partial charge >= 0.3 is 0 Å². The van der Waals surface area contributed by atoms with Gasteiger partial charge in [-0.2, -0.15) is 0 Å². The molecule has 0 aromatic rings. The van der Waals surface area contributed by atoms with Crippen molar-refractivity contribution in [1.82, 2.24) is 10.2 Å². The van der Waals surface area contributed by atoms with Crippen LogP contribution < -0.4 is 5.32 Å². The highest BCUT2D eigenvalue weighted by molar-refractivity contribution is 7.90. The van der Waals surface area contributed by atoms with Crippen LogP contribution in [-0.2, 0) is 14.8 Å². The lowest BCUT2D eigenvalue weighted by atomic mass is 9.97. The Kier molecular flexibility index (Phi) is 4.66. The van der Waals surface area contributed by atoms with Crippen molar-refractivity contribution in [2.75, 3.05) is 18.8 Å². The third-order valence-corrected chi connectivity index (χ3v) is 5.37. The number of nitrogens with one attached hydrogen (secondary N) is 1. The molecule has 2 heterocycles. The molecule has 0 saturated heterocycles. The van der Waals surface area contributed by atoms with E-state index in [2.05, 4.69) is 15.8 Å². The molecule has 7 heteroatoms. The lowest BCUT2D eigenvalue weighted by Gasteiger charge is -2.28. The van der Waals surface area contributed by atoms with Crippen LogP contribution in [-0.4, -0.2) is 43.9 Å². The number of fused-ring (bicyclic) bond motifs is 1. The number of amides is 1. The maximum atomic E-state index is 12.4. The summed E-state index contributed by atoms with van der Waals surface area (Å²) in [5.74, 6) is -0.0658. The molecule has 1 amide bonds. The normalized spacial score (nSPS) is 22.6. The van der Waals surface area contributed by atoms with Crippen LogP contribution in [0.1, 0.15) is 32.1 Å². The molecule has 1 aliphatic carbocycles. The lowest BCUT2D eigenvalue weighted by molar-refractivity contribution is -0.117. The van der Waals surface area contributed by atoms with Gasteiger partial charge < -0.3 is 10.2 Å². The Morgan fingerprint density at radius 2 is 2.22 bits per heavy atom. The van der Waals surface area contributed by atoms with Crippen molar-refractivity contribution >= 4 is 21.8 Å². The van der Waals surface area contributed by atoms with Gasteiger partial charge in [-0.25, -0.2) is 8.42 Å². The van der Waals surface area contributed by atoms with E-state index in [1.54, 1.807) is 23.3 Å². The second kappa shape index (κ2) is 6.70. The molecule has 0 atom stereocenters. The molecule has 0 radical (unpaired) electrons. The monoisotopic (exact) mass is 335 g/mol. The first-order valence-corrected chi connectivity index (χ1v) is 9.60. The quantitative estimate of drug-likeness (QED) is 0.790. The zero-order valence-corrected chi connectivity index (χ0v) is 13.8. The summed E-state index contributed by atoms with van der Waals surface area (Å²) >= 11 is 0. The van der Waals surface area contributed by atoms with E-state index in [1.807, 2.05) is 0 Å². The number of carbonyl (C=O) groups excluding carboxylic acids is 1. The first kappa shape index (κ1) is 16.0. The molecule has 0 aromatic carbocycles. The third kappa shape index (κ3) is 3.90. The minimum atomic E-state index is -3.47. The van der Waals surface area contributed by atoms with Gasteiger partial charge in [-0.3, -0.25) is 4.79 Å². The molecule has 0 bridgehead atoms. The topological polar surface area (TPSA) is 78.8 Å². The molecular weight excluding hydrogens is 314 g/mol. The van der Waals surface area contributed by atoms with Crippen LogP contribution in [0.2, 0.25) is 0 Å². The summed E-state index contributed by atoms with van der Waals surface area (Å²) in [5, 5.41) is 2.88. The Bertz CT molecular complexity index is 717.